The van der Waals surface area contributed by atoms with E-state index in [0.29, 0.717) is 17.1 Å². The molecule has 0 unspecified atom stereocenters. The van der Waals surface area contributed by atoms with E-state index in [-0.39, 0.29) is 11.7 Å². The first-order valence-electron chi connectivity index (χ1n) is 5.39. The van der Waals surface area contributed by atoms with Crippen LogP contribution in [0.15, 0.2) is 10.5 Å². The normalized spacial score (nSPS) is 10.5. The van der Waals surface area contributed by atoms with Crippen molar-refractivity contribution in [1.82, 2.24) is 0 Å². The molecule has 0 fully saturated rings. The van der Waals surface area contributed by atoms with Gasteiger partial charge < -0.3 is 9.47 Å². The Labute approximate surface area is 110 Å². The maximum atomic E-state index is 11.7. The molecule has 94 valence electrons. The number of halogens is 1. The predicted molar refractivity (Wildman–Crippen MR) is 71.3 cm³/mol. The van der Waals surface area contributed by atoms with Gasteiger partial charge in [-0.2, -0.15) is 0 Å². The first-order chi connectivity index (χ1) is 7.93. The molecular weight excluding hydrogens is 284 g/mol. The standard InChI is InChI=1S/C13H17BrO3/c1-7(2)11-9(8(3)15)6-10(16-4)13(17-5)12(11)14/h6-7H,1-5H3. The van der Waals surface area contributed by atoms with Gasteiger partial charge in [-0.15, -0.1) is 0 Å². The van der Waals surface area contributed by atoms with Gasteiger partial charge in [-0.05, 0) is 40.4 Å². The highest BCUT2D eigenvalue weighted by atomic mass is 79.9. The molecule has 0 spiro atoms. The van der Waals surface area contributed by atoms with Crippen LogP contribution in [0.2, 0.25) is 0 Å². The minimum absolute atomic E-state index is 0.0235. The molecule has 1 aromatic carbocycles. The van der Waals surface area contributed by atoms with Gasteiger partial charge >= 0.3 is 0 Å². The summed E-state index contributed by atoms with van der Waals surface area (Å²) in [5.74, 6) is 1.44. The van der Waals surface area contributed by atoms with Crippen molar-refractivity contribution in [2.75, 3.05) is 14.2 Å². The van der Waals surface area contributed by atoms with Crippen LogP contribution in [0.1, 0.15) is 42.6 Å². The number of ketones is 1. The van der Waals surface area contributed by atoms with Gasteiger partial charge in [0.1, 0.15) is 0 Å². The number of hydrogen-bond acceptors (Lipinski definition) is 3. The SMILES string of the molecule is COc1cc(C(C)=O)c(C(C)C)c(Br)c1OC. The molecular formula is C13H17BrO3. The summed E-state index contributed by atoms with van der Waals surface area (Å²) in [6, 6.07) is 1.74. The Balaban J connectivity index is 3.61. The maximum absolute atomic E-state index is 11.7. The van der Waals surface area contributed by atoms with Crippen molar-refractivity contribution in [3.63, 3.8) is 0 Å². The highest BCUT2D eigenvalue weighted by molar-refractivity contribution is 9.10. The summed E-state index contributed by atoms with van der Waals surface area (Å²) in [4.78, 5) is 11.7. The number of rotatable bonds is 4. The molecule has 0 aliphatic heterocycles. The minimum atomic E-state index is 0.0235. The fourth-order valence-electron chi connectivity index (χ4n) is 1.82. The van der Waals surface area contributed by atoms with Crippen LogP contribution >= 0.6 is 15.9 Å². The highest BCUT2D eigenvalue weighted by Gasteiger charge is 2.21. The third kappa shape index (κ3) is 2.63. The van der Waals surface area contributed by atoms with Gasteiger partial charge in [0.2, 0.25) is 0 Å². The molecule has 4 heteroatoms. The van der Waals surface area contributed by atoms with E-state index in [1.165, 1.54) is 0 Å². The van der Waals surface area contributed by atoms with Crippen LogP contribution in [0, 0.1) is 0 Å². The molecule has 0 aliphatic carbocycles. The second kappa shape index (κ2) is 5.54. The molecule has 0 aromatic heterocycles. The zero-order valence-corrected chi connectivity index (χ0v) is 12.3. The highest BCUT2D eigenvalue weighted by Crippen LogP contribution is 2.42. The molecule has 3 nitrogen and oxygen atoms in total. The molecule has 0 saturated carbocycles. The third-order valence-electron chi connectivity index (χ3n) is 2.61. The van der Waals surface area contributed by atoms with Crippen LogP contribution < -0.4 is 9.47 Å². The Morgan fingerprint density at radius 2 is 1.88 bits per heavy atom. The van der Waals surface area contributed by atoms with Crippen molar-refractivity contribution in [3.05, 3.63) is 21.7 Å². The zero-order chi connectivity index (χ0) is 13.2. The van der Waals surface area contributed by atoms with Gasteiger partial charge in [0, 0.05) is 5.56 Å². The van der Waals surface area contributed by atoms with Crippen LogP contribution in [0.25, 0.3) is 0 Å². The van der Waals surface area contributed by atoms with Crippen molar-refractivity contribution in [3.8, 4) is 11.5 Å². The van der Waals surface area contributed by atoms with E-state index in [2.05, 4.69) is 15.9 Å². The smallest absolute Gasteiger partial charge is 0.175 e. The second-order valence-electron chi connectivity index (χ2n) is 4.10. The topological polar surface area (TPSA) is 35.5 Å². The predicted octanol–water partition coefficient (Wildman–Crippen LogP) is 3.79. The lowest BCUT2D eigenvalue weighted by Crippen LogP contribution is -2.05. The van der Waals surface area contributed by atoms with E-state index in [0.717, 1.165) is 10.0 Å². The fraction of sp³-hybridized carbons (Fsp3) is 0.462. The Kier molecular flexibility index (Phi) is 4.57. The number of carbonyl (C=O) groups is 1. The molecule has 17 heavy (non-hydrogen) atoms. The van der Waals surface area contributed by atoms with Gasteiger partial charge in [-0.1, -0.05) is 13.8 Å². The molecule has 0 atom stereocenters. The lowest BCUT2D eigenvalue weighted by molar-refractivity contribution is 0.101. The Morgan fingerprint density at radius 3 is 2.24 bits per heavy atom. The monoisotopic (exact) mass is 300 g/mol. The Bertz CT molecular complexity index is 439. The van der Waals surface area contributed by atoms with Crippen molar-refractivity contribution in [2.24, 2.45) is 0 Å². The van der Waals surface area contributed by atoms with Crippen LogP contribution in [0.5, 0.6) is 11.5 Å². The number of ether oxygens (including phenoxy) is 2. The van der Waals surface area contributed by atoms with Gasteiger partial charge in [0.25, 0.3) is 0 Å². The second-order valence-corrected chi connectivity index (χ2v) is 4.89. The molecule has 0 aliphatic rings. The summed E-state index contributed by atoms with van der Waals surface area (Å²) in [5, 5.41) is 0. The summed E-state index contributed by atoms with van der Waals surface area (Å²) in [6.45, 7) is 5.64. The molecule has 0 bridgehead atoms. The minimum Gasteiger partial charge on any atom is -0.493 e. The molecule has 1 aromatic rings. The summed E-state index contributed by atoms with van der Waals surface area (Å²) >= 11 is 3.50. The fourth-order valence-corrected chi connectivity index (χ4v) is 2.85. The third-order valence-corrected chi connectivity index (χ3v) is 3.39. The van der Waals surface area contributed by atoms with E-state index in [1.807, 2.05) is 13.8 Å². The average Bonchev–Trinajstić information content (AvgIpc) is 2.26. The first-order valence-corrected chi connectivity index (χ1v) is 6.18. The Morgan fingerprint density at radius 1 is 1.29 bits per heavy atom. The molecule has 0 amide bonds. The van der Waals surface area contributed by atoms with Crippen molar-refractivity contribution in [1.29, 1.82) is 0 Å². The van der Waals surface area contributed by atoms with Gasteiger partial charge in [0.05, 0.1) is 18.7 Å². The molecule has 0 heterocycles. The first kappa shape index (κ1) is 14.0. The van der Waals surface area contributed by atoms with Crippen molar-refractivity contribution in [2.45, 2.75) is 26.7 Å². The zero-order valence-electron chi connectivity index (χ0n) is 10.8. The van der Waals surface area contributed by atoms with Crippen LogP contribution in [-0.4, -0.2) is 20.0 Å². The summed E-state index contributed by atoms with van der Waals surface area (Å²) in [7, 11) is 3.14. The Hall–Kier alpha value is -1.03. The molecule has 0 radical (unpaired) electrons. The maximum Gasteiger partial charge on any atom is 0.175 e. The van der Waals surface area contributed by atoms with Crippen LogP contribution in [0.3, 0.4) is 0 Å². The van der Waals surface area contributed by atoms with E-state index in [9.17, 15) is 4.79 Å². The number of carbonyl (C=O) groups excluding carboxylic acids is 1. The number of benzene rings is 1. The van der Waals surface area contributed by atoms with Gasteiger partial charge in [-0.3, -0.25) is 4.79 Å². The van der Waals surface area contributed by atoms with E-state index in [1.54, 1.807) is 27.2 Å². The number of hydrogen-bond donors (Lipinski definition) is 0. The molecule has 1 rings (SSSR count). The lowest BCUT2D eigenvalue weighted by atomic mass is 9.94. The van der Waals surface area contributed by atoms with Crippen molar-refractivity contribution < 1.29 is 14.3 Å². The van der Waals surface area contributed by atoms with Gasteiger partial charge in [0.15, 0.2) is 17.3 Å². The van der Waals surface area contributed by atoms with Crippen LogP contribution in [0.4, 0.5) is 0 Å². The summed E-state index contributed by atoms with van der Waals surface area (Å²) in [6.07, 6.45) is 0. The number of methoxy groups -OCH3 is 2. The quantitative estimate of drug-likeness (QED) is 0.794. The molecule has 0 N–H and O–H groups in total. The van der Waals surface area contributed by atoms with E-state index in [4.69, 9.17) is 9.47 Å². The number of Topliss-reactive ketones (excluding diaryl/α,β-unsaturated/α-hetero) is 1. The summed E-state index contributed by atoms with van der Waals surface area (Å²) < 4.78 is 11.3. The van der Waals surface area contributed by atoms with E-state index >= 15 is 0 Å². The van der Waals surface area contributed by atoms with Crippen molar-refractivity contribution >= 4 is 21.7 Å². The van der Waals surface area contributed by atoms with Gasteiger partial charge in [-0.25, -0.2) is 0 Å². The van der Waals surface area contributed by atoms with Crippen LogP contribution in [-0.2, 0) is 0 Å². The largest absolute Gasteiger partial charge is 0.493 e. The average molecular weight is 301 g/mol. The summed E-state index contributed by atoms with van der Waals surface area (Å²) in [5.41, 5.74) is 1.62. The lowest BCUT2D eigenvalue weighted by Gasteiger charge is -2.18. The molecule has 0 saturated heterocycles. The van der Waals surface area contributed by atoms with E-state index < -0.39 is 0 Å².